The van der Waals surface area contributed by atoms with Crippen molar-refractivity contribution in [2.45, 2.75) is 45.4 Å². The third-order valence-electron chi connectivity index (χ3n) is 7.58. The van der Waals surface area contributed by atoms with E-state index in [1.165, 1.54) is 51.1 Å². The van der Waals surface area contributed by atoms with E-state index in [0.717, 1.165) is 12.8 Å². The molecule has 1 N–H and O–H groups in total. The molecule has 0 heterocycles. The molecular formula is C44H46NiO2P2. The van der Waals surface area contributed by atoms with Gasteiger partial charge in [0.05, 0.1) is 0 Å². The smallest absolute Gasteiger partial charge is 0.303 e. The molecule has 254 valence electrons. The zero-order chi connectivity index (χ0) is 33.7. The fourth-order valence-corrected chi connectivity index (χ4v) is 9.85. The number of carbonyl (C=O) groups is 1. The fourth-order valence-electron chi connectivity index (χ4n) is 5.24. The first kappa shape index (κ1) is 39.6. The molecule has 6 aromatic rings. The van der Waals surface area contributed by atoms with E-state index in [-0.39, 0.29) is 16.5 Å². The van der Waals surface area contributed by atoms with Crippen molar-refractivity contribution in [1.82, 2.24) is 0 Å². The predicted molar refractivity (Wildman–Crippen MR) is 211 cm³/mol. The van der Waals surface area contributed by atoms with Gasteiger partial charge in [-0.1, -0.05) is 215 Å². The molecule has 0 radical (unpaired) electrons. The van der Waals surface area contributed by atoms with Gasteiger partial charge in [0.25, 0.3) is 0 Å². The molecule has 0 saturated carbocycles. The minimum Gasteiger partial charge on any atom is -0.481 e. The predicted octanol–water partition coefficient (Wildman–Crippen LogP) is 9.32. The van der Waals surface area contributed by atoms with Crippen LogP contribution in [0.25, 0.3) is 0 Å². The third-order valence-corrected chi connectivity index (χ3v) is 12.5. The molecule has 0 aliphatic carbocycles. The van der Waals surface area contributed by atoms with Crippen LogP contribution in [0.15, 0.2) is 182 Å². The van der Waals surface area contributed by atoms with Gasteiger partial charge in [-0.2, -0.15) is 0 Å². The van der Waals surface area contributed by atoms with Crippen molar-refractivity contribution in [2.24, 2.45) is 0 Å². The van der Waals surface area contributed by atoms with Gasteiger partial charge >= 0.3 is 5.97 Å². The van der Waals surface area contributed by atoms with Crippen molar-refractivity contribution < 1.29 is 26.4 Å². The van der Waals surface area contributed by atoms with Gasteiger partial charge in [-0.25, -0.2) is 0 Å². The Morgan fingerprint density at radius 1 is 0.408 bits per heavy atom. The maximum absolute atomic E-state index is 10.0. The number of unbranched alkanes of at least 4 members (excludes halogenated alkanes) is 4. The summed E-state index contributed by atoms with van der Waals surface area (Å²) in [6.45, 7) is 2.15. The molecule has 0 spiro atoms. The molecular weight excluding hydrogens is 681 g/mol. The van der Waals surface area contributed by atoms with Gasteiger partial charge in [-0.05, 0) is 54.1 Å². The van der Waals surface area contributed by atoms with Crippen LogP contribution in [0, 0.1) is 0 Å². The molecule has 5 heteroatoms. The summed E-state index contributed by atoms with van der Waals surface area (Å²) < 4.78 is 0. The standard InChI is InChI=1S/2C18H15P.C8H16O2.Ni/c2*1-4-10-16(11-5-1)19(17-12-6-2-7-13-17)18-14-8-3-9-15-18;1-2-3-4-5-6-7-8(9)10;/h2*1-15H;2-7H2,1H3,(H,9,10);. The van der Waals surface area contributed by atoms with Crippen molar-refractivity contribution in [2.75, 3.05) is 0 Å². The quantitative estimate of drug-likeness (QED) is 0.0776. The minimum absolute atomic E-state index is 0. The van der Waals surface area contributed by atoms with Gasteiger partial charge in [0.2, 0.25) is 0 Å². The van der Waals surface area contributed by atoms with Crippen LogP contribution in [0.4, 0.5) is 0 Å². The SMILES string of the molecule is CCCCCCCC(=O)O.[Ni].c1ccc(P(c2ccccc2)c2ccccc2)cc1.c1ccc(P(c2ccccc2)c2ccccc2)cc1. The molecule has 2 nitrogen and oxygen atoms in total. The topological polar surface area (TPSA) is 37.3 Å². The van der Waals surface area contributed by atoms with Gasteiger partial charge in [0.15, 0.2) is 0 Å². The summed E-state index contributed by atoms with van der Waals surface area (Å²) in [6.07, 6.45) is 5.88. The van der Waals surface area contributed by atoms with Crippen LogP contribution in [-0.4, -0.2) is 11.1 Å². The largest absolute Gasteiger partial charge is 0.481 e. The minimum atomic E-state index is -0.670. The van der Waals surface area contributed by atoms with E-state index in [9.17, 15) is 4.79 Å². The summed E-state index contributed by atoms with van der Waals surface area (Å²) in [5.41, 5.74) is 0. The van der Waals surface area contributed by atoms with Gasteiger partial charge in [-0.3, -0.25) is 4.79 Å². The Morgan fingerprint density at radius 2 is 0.633 bits per heavy atom. The molecule has 0 aliphatic rings. The monoisotopic (exact) mass is 726 g/mol. The summed E-state index contributed by atoms with van der Waals surface area (Å²) in [5, 5.41) is 16.7. The maximum Gasteiger partial charge on any atom is 0.303 e. The Labute approximate surface area is 306 Å². The van der Waals surface area contributed by atoms with Crippen molar-refractivity contribution in [3.05, 3.63) is 182 Å². The maximum atomic E-state index is 10.0. The summed E-state index contributed by atoms with van der Waals surface area (Å²) in [7, 11) is -0.892. The van der Waals surface area contributed by atoms with Crippen LogP contribution in [0.5, 0.6) is 0 Å². The first-order chi connectivity index (χ1) is 23.7. The first-order valence-electron chi connectivity index (χ1n) is 16.8. The number of rotatable bonds is 12. The van der Waals surface area contributed by atoms with Crippen molar-refractivity contribution >= 4 is 53.6 Å². The van der Waals surface area contributed by atoms with Crippen LogP contribution >= 0.6 is 15.8 Å². The number of carboxylic acid groups (broad SMARTS) is 1. The normalized spacial score (nSPS) is 10.2. The second-order valence-electron chi connectivity index (χ2n) is 11.2. The van der Waals surface area contributed by atoms with Crippen molar-refractivity contribution in [1.29, 1.82) is 0 Å². The average molecular weight is 727 g/mol. The molecule has 0 aromatic heterocycles. The summed E-state index contributed by atoms with van der Waals surface area (Å²) in [6, 6.07) is 64.7. The second kappa shape index (κ2) is 23.5. The second-order valence-corrected chi connectivity index (χ2v) is 15.7. The van der Waals surface area contributed by atoms with E-state index in [4.69, 9.17) is 5.11 Å². The zero-order valence-electron chi connectivity index (χ0n) is 28.1. The molecule has 6 aromatic carbocycles. The molecule has 0 saturated heterocycles. The zero-order valence-corrected chi connectivity index (χ0v) is 30.9. The van der Waals surface area contributed by atoms with Gasteiger partial charge in [0.1, 0.15) is 0 Å². The van der Waals surface area contributed by atoms with E-state index in [2.05, 4.69) is 189 Å². The summed E-state index contributed by atoms with van der Waals surface area (Å²) in [4.78, 5) is 10.0. The van der Waals surface area contributed by atoms with Crippen molar-refractivity contribution in [3.63, 3.8) is 0 Å². The number of hydrogen-bond acceptors (Lipinski definition) is 1. The van der Waals surface area contributed by atoms with Gasteiger partial charge < -0.3 is 5.11 Å². The van der Waals surface area contributed by atoms with Gasteiger partial charge in [0, 0.05) is 22.9 Å². The Kier molecular flexibility index (Phi) is 19.0. The Balaban J connectivity index is 0.000000208. The van der Waals surface area contributed by atoms with Crippen LogP contribution in [0.1, 0.15) is 45.4 Å². The molecule has 0 unspecified atom stereocenters. The molecule has 0 atom stereocenters. The molecule has 6 rings (SSSR count). The van der Waals surface area contributed by atoms with E-state index < -0.39 is 21.8 Å². The summed E-state index contributed by atoms with van der Waals surface area (Å²) in [5.74, 6) is -0.670. The Bertz CT molecular complexity index is 1380. The number of carboxylic acids is 1. The van der Waals surface area contributed by atoms with Crippen LogP contribution in [0.2, 0.25) is 0 Å². The van der Waals surface area contributed by atoms with E-state index >= 15 is 0 Å². The fraction of sp³-hybridized carbons (Fsp3) is 0.159. The molecule has 0 aliphatic heterocycles. The number of aliphatic carboxylic acids is 1. The van der Waals surface area contributed by atoms with Gasteiger partial charge in [-0.15, -0.1) is 0 Å². The number of benzene rings is 6. The van der Waals surface area contributed by atoms with Crippen molar-refractivity contribution in [3.8, 4) is 0 Å². The van der Waals surface area contributed by atoms with Crippen LogP contribution in [0.3, 0.4) is 0 Å². The Hall–Kier alpha value is -3.86. The molecule has 49 heavy (non-hydrogen) atoms. The average Bonchev–Trinajstić information content (AvgIpc) is 3.15. The Morgan fingerprint density at radius 3 is 0.837 bits per heavy atom. The number of hydrogen-bond donors (Lipinski definition) is 1. The summed E-state index contributed by atoms with van der Waals surface area (Å²) >= 11 is 0. The molecule has 0 fully saturated rings. The van der Waals surface area contributed by atoms with Crippen LogP contribution < -0.4 is 31.8 Å². The van der Waals surface area contributed by atoms with E-state index in [1.807, 2.05) is 0 Å². The van der Waals surface area contributed by atoms with E-state index in [1.54, 1.807) is 0 Å². The first-order valence-corrected chi connectivity index (χ1v) is 19.5. The van der Waals surface area contributed by atoms with Crippen LogP contribution in [-0.2, 0) is 21.3 Å². The molecule has 0 amide bonds. The molecule has 0 bridgehead atoms. The van der Waals surface area contributed by atoms with E-state index in [0.29, 0.717) is 6.42 Å². The third kappa shape index (κ3) is 13.9.